The van der Waals surface area contributed by atoms with E-state index in [1.54, 1.807) is 0 Å². The van der Waals surface area contributed by atoms with Crippen LogP contribution < -0.4 is 87.9 Å². The molecule has 6 aliphatic heterocycles. The highest BCUT2D eigenvalue weighted by Gasteiger charge is 2.46. The molecule has 0 N–H and O–H groups in total. The number of aryl methyl sites for hydroxylation is 4. The number of hydrogen-bond acceptors (Lipinski definition) is 8. The van der Waals surface area contributed by atoms with Gasteiger partial charge in [-0.05, 0) is 256 Å². The maximum absolute atomic E-state index is 6.78. The summed E-state index contributed by atoms with van der Waals surface area (Å²) in [5.74, 6) is 5.49. The molecule has 0 saturated heterocycles. The third-order valence-electron chi connectivity index (χ3n) is 24.6. The highest BCUT2D eigenvalue weighted by atomic mass is 16.5. The average Bonchev–Trinajstić information content (AvgIpc) is 0.729. The summed E-state index contributed by atoms with van der Waals surface area (Å²) in [6.07, 6.45) is 0. The van der Waals surface area contributed by atoms with Crippen molar-refractivity contribution in [3.63, 3.8) is 0 Å². The fourth-order valence-corrected chi connectivity index (χ4v) is 19.1. The number of fused-ring (bicyclic) bond motifs is 13. The van der Waals surface area contributed by atoms with Crippen LogP contribution >= 0.6 is 0 Å². The first-order valence-electron chi connectivity index (χ1n) is 41.7. The van der Waals surface area contributed by atoms with Crippen LogP contribution in [0, 0.1) is 27.7 Å². The largest absolute Gasteiger partial charge is 0.458 e. The van der Waals surface area contributed by atoms with Gasteiger partial charge in [0.2, 0.25) is 0 Å². The first-order valence-corrected chi connectivity index (χ1v) is 41.7. The number of nitrogens with zero attached hydrogens (tertiary/aromatic N) is 5. The topological polar surface area (TPSA) is 43.9 Å². The van der Waals surface area contributed by atoms with Crippen molar-refractivity contribution in [2.45, 2.75) is 27.7 Å². The summed E-state index contributed by atoms with van der Waals surface area (Å²) >= 11 is 0. The minimum atomic E-state index is 0.0764. The summed E-state index contributed by atoms with van der Waals surface area (Å²) in [7, 11) is 0. The first-order chi connectivity index (χ1) is 59.7. The Morgan fingerprint density at radius 2 is 0.554 bits per heavy atom. The van der Waals surface area contributed by atoms with Gasteiger partial charge in [-0.15, -0.1) is 0 Å². The summed E-state index contributed by atoms with van der Waals surface area (Å²) in [6, 6.07) is 147. The Labute approximate surface area is 707 Å². The molecule has 0 saturated carbocycles. The summed E-state index contributed by atoms with van der Waals surface area (Å²) < 4.78 is 20.2. The monoisotopic (exact) mass is 1550 g/mol. The summed E-state index contributed by atoms with van der Waals surface area (Å²) in [5.41, 5.74) is 35.8. The molecule has 24 rings (SSSR count). The number of benzene rings is 18. The lowest BCUT2D eigenvalue weighted by Crippen LogP contribution is -2.59. The zero-order chi connectivity index (χ0) is 80.8. The predicted molar refractivity (Wildman–Crippen MR) is 508 cm³/mol. The molecule has 18 aromatic carbocycles. The quantitative estimate of drug-likeness (QED) is 0.126. The maximum Gasteiger partial charge on any atom is 0.256 e. The van der Waals surface area contributed by atoms with Gasteiger partial charge in [-0.2, -0.15) is 0 Å². The Bertz CT molecular complexity index is 6960. The number of anilines is 15. The molecule has 0 fully saturated rings. The van der Waals surface area contributed by atoms with Crippen LogP contribution in [0.4, 0.5) is 85.3 Å². The van der Waals surface area contributed by atoms with E-state index in [4.69, 9.17) is 14.2 Å². The van der Waals surface area contributed by atoms with Crippen molar-refractivity contribution in [2.75, 3.05) is 24.5 Å². The second kappa shape index (κ2) is 30.1. The Morgan fingerprint density at radius 1 is 0.215 bits per heavy atom. The van der Waals surface area contributed by atoms with Gasteiger partial charge in [0.25, 0.3) is 20.1 Å². The van der Waals surface area contributed by atoms with Crippen molar-refractivity contribution >= 4 is 165 Å². The van der Waals surface area contributed by atoms with Crippen LogP contribution in [0.2, 0.25) is 0 Å². The standard InChI is InChI=1S/C38H29BN2O.C36H25BN2O.C36H26BNO/c1-26-16-19-30(20-17-26)41-34-23-18-27(2)24-33(34)39-32-22-21-31(25-37(32)42-36-15-9-14-35(41)38(36)39)40(28-10-5-3-6-11-28)29-12-7-4-8-13-29;1-4-13-26(14-5-1)38(27-15-6-2-7-16-27)29-23-24-31-35(25-29)40-34-22-12-21-33-36(34)37(31)30-19-10-11-20-32(30)39(33)28-17-8-3-9-18-28;1-23-13-17-27(18-14-23)38-32-20-15-24(2)21-31(32)37-30-19-16-26(29-10-5-8-25-7-3-4-9-28(25)29)22-35(30)39-34-12-6-11-33(38)36(34)37/h3-25H,1-2H3;1-25H;3-22H,1-2H3. The molecule has 8 nitrogen and oxygen atoms in total. The van der Waals surface area contributed by atoms with E-state index in [-0.39, 0.29) is 20.1 Å². The van der Waals surface area contributed by atoms with Gasteiger partial charge in [-0.25, -0.2) is 0 Å². The molecule has 0 radical (unpaired) electrons. The molecular weight excluding hydrogens is 1470 g/mol. The Balaban J connectivity index is 0.000000109. The van der Waals surface area contributed by atoms with Crippen molar-refractivity contribution in [2.24, 2.45) is 0 Å². The molecular formula is C110H80B3N5O3. The van der Waals surface area contributed by atoms with Crippen molar-refractivity contribution in [1.82, 2.24) is 0 Å². The van der Waals surface area contributed by atoms with Gasteiger partial charge < -0.3 is 38.7 Å². The molecule has 0 aliphatic carbocycles. The Morgan fingerprint density at radius 3 is 1.01 bits per heavy atom. The van der Waals surface area contributed by atoms with Gasteiger partial charge in [0.1, 0.15) is 34.5 Å². The highest BCUT2D eigenvalue weighted by Crippen LogP contribution is 2.48. The lowest BCUT2D eigenvalue weighted by atomic mass is 9.34. The number of rotatable bonds is 10. The molecule has 121 heavy (non-hydrogen) atoms. The van der Waals surface area contributed by atoms with Gasteiger partial charge in [-0.1, -0.05) is 265 Å². The second-order valence-electron chi connectivity index (χ2n) is 32.1. The SMILES string of the molecule is Cc1ccc(N2c3ccc(C)cc3B3c4ccc(-c5cccc6ccccc56)cc4Oc4cccc2c43)cc1.Cc1ccc(N2c3ccc(C)cc3B3c4ccc(N(c5ccccc5)c5ccccc5)cc4Oc4cccc2c43)cc1.c1ccc(N(c2ccccc2)c2ccc3c(c2)Oc2cccc4c2B3c2ccccc2N4c2ccccc2)cc1. The molecule has 0 amide bonds. The molecule has 0 aromatic heterocycles. The number of hydrogen-bond donors (Lipinski definition) is 0. The van der Waals surface area contributed by atoms with E-state index in [2.05, 4.69) is 465 Å². The molecule has 18 aromatic rings. The zero-order valence-electron chi connectivity index (χ0n) is 67.5. The van der Waals surface area contributed by atoms with Crippen LogP contribution in [0.15, 0.2) is 413 Å². The van der Waals surface area contributed by atoms with Crippen LogP contribution in [0.5, 0.6) is 34.5 Å². The van der Waals surface area contributed by atoms with Crippen LogP contribution in [-0.2, 0) is 0 Å². The fourth-order valence-electron chi connectivity index (χ4n) is 19.1. The third-order valence-corrected chi connectivity index (χ3v) is 24.6. The van der Waals surface area contributed by atoms with Crippen molar-refractivity contribution in [3.05, 3.63) is 435 Å². The molecule has 11 heteroatoms. The van der Waals surface area contributed by atoms with E-state index >= 15 is 0 Å². The summed E-state index contributed by atoms with van der Waals surface area (Å²) in [6.45, 7) is 8.90. The first kappa shape index (κ1) is 72.3. The van der Waals surface area contributed by atoms with Gasteiger partial charge >= 0.3 is 0 Å². The van der Waals surface area contributed by atoms with Gasteiger partial charge in [0.05, 0.1) is 0 Å². The molecule has 6 aliphatic rings. The minimum absolute atomic E-state index is 0.0764. The minimum Gasteiger partial charge on any atom is -0.458 e. The summed E-state index contributed by atoms with van der Waals surface area (Å²) in [5, 5.41) is 2.50. The van der Waals surface area contributed by atoms with Crippen LogP contribution in [-0.4, -0.2) is 20.1 Å². The van der Waals surface area contributed by atoms with Crippen molar-refractivity contribution in [1.29, 1.82) is 0 Å². The number of para-hydroxylation sites is 6. The lowest BCUT2D eigenvalue weighted by Gasteiger charge is -2.40. The average molecular weight is 1550 g/mol. The third kappa shape index (κ3) is 12.7. The van der Waals surface area contributed by atoms with Crippen LogP contribution in [0.25, 0.3) is 21.9 Å². The zero-order valence-corrected chi connectivity index (χ0v) is 67.5. The highest BCUT2D eigenvalue weighted by molar-refractivity contribution is 7.01. The Hall–Kier alpha value is -15.2. The van der Waals surface area contributed by atoms with E-state index in [1.807, 2.05) is 0 Å². The van der Waals surface area contributed by atoms with Gasteiger partial charge in [-0.3, -0.25) is 0 Å². The Kier molecular flexibility index (Phi) is 18.0. The second-order valence-corrected chi connectivity index (χ2v) is 32.1. The number of ether oxygens (including phenoxy) is 3. The van der Waals surface area contributed by atoms with E-state index in [1.165, 1.54) is 122 Å². The molecule has 6 heterocycles. The molecule has 0 unspecified atom stereocenters. The van der Waals surface area contributed by atoms with Crippen LogP contribution in [0.3, 0.4) is 0 Å². The van der Waals surface area contributed by atoms with E-state index < -0.39 is 0 Å². The lowest BCUT2D eigenvalue weighted by molar-refractivity contribution is 0.487. The maximum atomic E-state index is 6.78. The van der Waals surface area contributed by atoms with E-state index in [0.29, 0.717) is 0 Å². The van der Waals surface area contributed by atoms with Gasteiger partial charge in [0, 0.05) is 97.4 Å². The fraction of sp³-hybridized carbons (Fsp3) is 0.0364. The normalized spacial score (nSPS) is 12.7. The van der Waals surface area contributed by atoms with Crippen molar-refractivity contribution < 1.29 is 14.2 Å². The molecule has 0 spiro atoms. The van der Waals surface area contributed by atoms with E-state index in [9.17, 15) is 0 Å². The van der Waals surface area contributed by atoms with E-state index in [0.717, 1.165) is 91.4 Å². The van der Waals surface area contributed by atoms with Crippen LogP contribution in [0.1, 0.15) is 22.3 Å². The molecule has 0 bridgehead atoms. The molecule has 572 valence electrons. The predicted octanol–water partition coefficient (Wildman–Crippen LogP) is 23.3. The van der Waals surface area contributed by atoms with Gasteiger partial charge in [0.15, 0.2) is 0 Å². The summed E-state index contributed by atoms with van der Waals surface area (Å²) in [4.78, 5) is 11.7. The molecule has 0 atom stereocenters. The smallest absolute Gasteiger partial charge is 0.256 e. The van der Waals surface area contributed by atoms with Crippen molar-refractivity contribution in [3.8, 4) is 45.6 Å².